The van der Waals surface area contributed by atoms with E-state index in [9.17, 15) is 0 Å². The van der Waals surface area contributed by atoms with Gasteiger partial charge >= 0.3 is 0 Å². The van der Waals surface area contributed by atoms with Crippen molar-refractivity contribution in [1.82, 2.24) is 10.2 Å². The minimum Gasteiger partial charge on any atom is -0.468 e. The van der Waals surface area contributed by atoms with Gasteiger partial charge in [-0.05, 0) is 50.4 Å². The molecule has 5 nitrogen and oxygen atoms in total. The number of likely N-dealkylation sites (tertiary alicyclic amines) is 1. The zero-order valence-electron chi connectivity index (χ0n) is 14.3. The van der Waals surface area contributed by atoms with Gasteiger partial charge in [0.25, 0.3) is 0 Å². The van der Waals surface area contributed by atoms with E-state index in [1.165, 1.54) is 19.3 Å². The summed E-state index contributed by atoms with van der Waals surface area (Å²) in [7, 11) is 0. The zero-order chi connectivity index (χ0) is 15.8. The van der Waals surface area contributed by atoms with Crippen molar-refractivity contribution in [1.29, 1.82) is 0 Å². The van der Waals surface area contributed by atoms with Crippen molar-refractivity contribution in [3.05, 3.63) is 24.2 Å². The van der Waals surface area contributed by atoms with E-state index in [4.69, 9.17) is 10.2 Å². The fourth-order valence-electron chi connectivity index (χ4n) is 2.83. The van der Waals surface area contributed by atoms with Gasteiger partial charge in [0.05, 0.1) is 18.8 Å². The van der Waals surface area contributed by atoms with Crippen molar-refractivity contribution in [2.45, 2.75) is 45.6 Å². The van der Waals surface area contributed by atoms with Gasteiger partial charge in [0.15, 0.2) is 5.96 Å². The van der Waals surface area contributed by atoms with Crippen LogP contribution >= 0.6 is 24.0 Å². The Morgan fingerprint density at radius 2 is 2.09 bits per heavy atom. The number of hydrogen-bond acceptors (Lipinski definition) is 3. The first-order valence-corrected chi connectivity index (χ1v) is 8.48. The first kappa shape index (κ1) is 20.3. The number of piperidine rings is 1. The summed E-state index contributed by atoms with van der Waals surface area (Å²) in [5.41, 5.74) is 5.98. The Morgan fingerprint density at radius 3 is 2.70 bits per heavy atom. The maximum Gasteiger partial charge on any atom is 0.188 e. The lowest BCUT2D eigenvalue weighted by atomic mass is 10.1. The summed E-state index contributed by atoms with van der Waals surface area (Å²) in [5, 5.41) is 3.20. The van der Waals surface area contributed by atoms with Gasteiger partial charge in [0.1, 0.15) is 5.76 Å². The normalized spacial score (nSPS) is 17.8. The Bertz CT molecular complexity index is 441. The summed E-state index contributed by atoms with van der Waals surface area (Å²) in [6, 6.07) is 4.18. The van der Waals surface area contributed by atoms with Crippen LogP contribution in [0.5, 0.6) is 0 Å². The number of rotatable bonds is 7. The molecule has 1 atom stereocenters. The summed E-state index contributed by atoms with van der Waals surface area (Å²) in [6.07, 6.45) is 6.67. The molecule has 0 amide bonds. The topological polar surface area (TPSA) is 66.8 Å². The Labute approximate surface area is 157 Å². The van der Waals surface area contributed by atoms with Crippen LogP contribution < -0.4 is 11.1 Å². The lowest BCUT2D eigenvalue weighted by Gasteiger charge is -2.32. The SMILES string of the molecule is CC(C)CCNC(N)=NCC(c1ccco1)N1CCCCC1.I. The molecule has 1 aromatic heterocycles. The standard InChI is InChI=1S/C17H30N4O.HI/c1-14(2)8-9-19-17(18)20-13-15(16-7-6-12-22-16)21-10-4-3-5-11-21;/h6-7,12,14-15H,3-5,8-11,13H2,1-2H3,(H3,18,19,20);1H. The molecule has 0 saturated carbocycles. The van der Waals surface area contributed by atoms with E-state index in [-0.39, 0.29) is 30.0 Å². The number of furan rings is 1. The second-order valence-corrected chi connectivity index (χ2v) is 6.46. The van der Waals surface area contributed by atoms with Crippen molar-refractivity contribution in [3.63, 3.8) is 0 Å². The van der Waals surface area contributed by atoms with Gasteiger partial charge in [-0.2, -0.15) is 0 Å². The van der Waals surface area contributed by atoms with Crippen molar-refractivity contribution in [3.8, 4) is 0 Å². The Morgan fingerprint density at radius 1 is 1.35 bits per heavy atom. The molecule has 1 aliphatic heterocycles. The summed E-state index contributed by atoms with van der Waals surface area (Å²) >= 11 is 0. The van der Waals surface area contributed by atoms with Crippen LogP contribution in [0.25, 0.3) is 0 Å². The molecule has 23 heavy (non-hydrogen) atoms. The van der Waals surface area contributed by atoms with Crippen LogP contribution in [0.3, 0.4) is 0 Å². The average Bonchev–Trinajstić information content (AvgIpc) is 3.02. The van der Waals surface area contributed by atoms with E-state index in [0.717, 1.165) is 31.8 Å². The molecule has 1 aromatic rings. The van der Waals surface area contributed by atoms with Crippen LogP contribution in [0.15, 0.2) is 27.8 Å². The smallest absolute Gasteiger partial charge is 0.188 e. The molecule has 0 bridgehead atoms. The van der Waals surface area contributed by atoms with Gasteiger partial charge in [-0.15, -0.1) is 24.0 Å². The van der Waals surface area contributed by atoms with E-state index >= 15 is 0 Å². The maximum atomic E-state index is 5.98. The van der Waals surface area contributed by atoms with Crippen LogP contribution in [-0.2, 0) is 0 Å². The predicted molar refractivity (Wildman–Crippen MR) is 106 cm³/mol. The van der Waals surface area contributed by atoms with E-state index in [1.54, 1.807) is 6.26 Å². The highest BCUT2D eigenvalue weighted by molar-refractivity contribution is 14.0. The fourth-order valence-corrected chi connectivity index (χ4v) is 2.83. The molecular weight excluding hydrogens is 403 g/mol. The molecule has 132 valence electrons. The third kappa shape index (κ3) is 7.12. The average molecular weight is 434 g/mol. The first-order chi connectivity index (χ1) is 10.7. The molecule has 1 unspecified atom stereocenters. The van der Waals surface area contributed by atoms with Crippen molar-refractivity contribution in [2.24, 2.45) is 16.6 Å². The van der Waals surface area contributed by atoms with E-state index in [1.807, 2.05) is 12.1 Å². The van der Waals surface area contributed by atoms with Gasteiger partial charge in [0.2, 0.25) is 0 Å². The molecule has 2 rings (SSSR count). The molecule has 3 N–H and O–H groups in total. The number of aliphatic imine (C=N–C) groups is 1. The number of nitrogens with one attached hydrogen (secondary N) is 1. The van der Waals surface area contributed by atoms with Crippen molar-refractivity contribution >= 4 is 29.9 Å². The Hall–Kier alpha value is -0.760. The second kappa shape index (κ2) is 10.9. The minimum absolute atomic E-state index is 0. The Balaban J connectivity index is 0.00000264. The largest absolute Gasteiger partial charge is 0.468 e. The summed E-state index contributed by atoms with van der Waals surface area (Å²) in [4.78, 5) is 7.00. The predicted octanol–water partition coefficient (Wildman–Crippen LogP) is 3.38. The molecule has 1 fully saturated rings. The molecule has 2 heterocycles. The quantitative estimate of drug-likeness (QED) is 0.392. The third-order valence-corrected chi connectivity index (χ3v) is 4.17. The number of guanidine groups is 1. The van der Waals surface area contributed by atoms with Crippen LogP contribution in [-0.4, -0.2) is 37.0 Å². The lowest BCUT2D eigenvalue weighted by Crippen LogP contribution is -2.37. The highest BCUT2D eigenvalue weighted by atomic mass is 127. The number of nitrogens with two attached hydrogens (primary N) is 1. The second-order valence-electron chi connectivity index (χ2n) is 6.46. The molecule has 6 heteroatoms. The van der Waals surface area contributed by atoms with Gasteiger partial charge in [-0.25, -0.2) is 0 Å². The van der Waals surface area contributed by atoms with Crippen LogP contribution in [0, 0.1) is 5.92 Å². The van der Waals surface area contributed by atoms with Gasteiger partial charge in [-0.3, -0.25) is 9.89 Å². The molecule has 0 aliphatic carbocycles. The molecule has 0 radical (unpaired) electrons. The fraction of sp³-hybridized carbons (Fsp3) is 0.706. The summed E-state index contributed by atoms with van der Waals surface area (Å²) in [5.74, 6) is 2.19. The number of nitrogens with zero attached hydrogens (tertiary/aromatic N) is 2. The Kier molecular flexibility index (Phi) is 9.62. The third-order valence-electron chi connectivity index (χ3n) is 4.17. The van der Waals surface area contributed by atoms with Crippen LogP contribution in [0.4, 0.5) is 0 Å². The van der Waals surface area contributed by atoms with Crippen LogP contribution in [0.1, 0.15) is 51.3 Å². The minimum atomic E-state index is 0. The monoisotopic (exact) mass is 434 g/mol. The van der Waals surface area contributed by atoms with E-state index < -0.39 is 0 Å². The molecule has 0 aromatic carbocycles. The first-order valence-electron chi connectivity index (χ1n) is 8.48. The summed E-state index contributed by atoms with van der Waals surface area (Å²) < 4.78 is 5.62. The molecule has 1 saturated heterocycles. The van der Waals surface area contributed by atoms with Crippen molar-refractivity contribution < 1.29 is 4.42 Å². The lowest BCUT2D eigenvalue weighted by molar-refractivity contribution is 0.150. The molecule has 1 aliphatic rings. The zero-order valence-corrected chi connectivity index (χ0v) is 16.7. The van der Waals surface area contributed by atoms with Gasteiger partial charge < -0.3 is 15.5 Å². The van der Waals surface area contributed by atoms with Gasteiger partial charge in [0, 0.05) is 6.54 Å². The highest BCUT2D eigenvalue weighted by Crippen LogP contribution is 2.25. The number of hydrogen-bond donors (Lipinski definition) is 2. The highest BCUT2D eigenvalue weighted by Gasteiger charge is 2.24. The number of halogens is 1. The van der Waals surface area contributed by atoms with Crippen LogP contribution in [0.2, 0.25) is 0 Å². The molecular formula is C17H31IN4O. The molecule has 0 spiro atoms. The van der Waals surface area contributed by atoms with E-state index in [0.29, 0.717) is 18.4 Å². The van der Waals surface area contributed by atoms with Gasteiger partial charge in [-0.1, -0.05) is 20.3 Å². The van der Waals surface area contributed by atoms with Crippen molar-refractivity contribution in [2.75, 3.05) is 26.2 Å². The summed E-state index contributed by atoms with van der Waals surface area (Å²) in [6.45, 7) is 8.16. The maximum absolute atomic E-state index is 5.98. The van der Waals surface area contributed by atoms with E-state index in [2.05, 4.69) is 29.1 Å².